The molecule has 68 valence electrons. The van der Waals surface area contributed by atoms with Gasteiger partial charge in [0.2, 0.25) is 0 Å². The molecule has 0 radical (unpaired) electrons. The van der Waals surface area contributed by atoms with Crippen molar-refractivity contribution in [2.75, 3.05) is 0 Å². The average Bonchev–Trinajstić information content (AvgIpc) is 2.04. The molecule has 0 amide bonds. The van der Waals surface area contributed by atoms with Crippen molar-refractivity contribution in [3.63, 3.8) is 0 Å². The molecule has 1 rings (SSSR count). The number of aromatic carboxylic acids is 1. The number of nitrogens with zero attached hydrogens (tertiary/aromatic N) is 1. The van der Waals surface area contributed by atoms with Crippen LogP contribution in [0.1, 0.15) is 10.4 Å². The molecule has 0 aliphatic heterocycles. The van der Waals surface area contributed by atoms with Crippen LogP contribution in [0.2, 0.25) is 0 Å². The van der Waals surface area contributed by atoms with Gasteiger partial charge >= 0.3 is 35.5 Å². The molecule has 0 heterocycles. The van der Waals surface area contributed by atoms with Gasteiger partial charge in [0.25, 0.3) is 5.69 Å². The molecule has 0 unspecified atom stereocenters. The zero-order valence-electron chi connectivity index (χ0n) is 7.30. The van der Waals surface area contributed by atoms with Crippen molar-refractivity contribution in [3.8, 4) is 0 Å². The molecule has 1 N–H and O–H groups in total. The summed E-state index contributed by atoms with van der Waals surface area (Å²) in [4.78, 5) is 20.3. The first-order chi connectivity index (χ1) is 6.02. The standard InChI is InChI=1S/C7H5NO4S.Na/c9-7(10)4-1-2-6(13)5(3-4)8(11)12;/h1-3,13H,(H,9,10);/q;+1. The van der Waals surface area contributed by atoms with E-state index in [0.29, 0.717) is 0 Å². The van der Waals surface area contributed by atoms with Gasteiger partial charge in [-0.25, -0.2) is 4.79 Å². The molecule has 1 aromatic carbocycles. The first-order valence-corrected chi connectivity index (χ1v) is 3.68. The molecule has 0 saturated heterocycles. The van der Waals surface area contributed by atoms with E-state index in [1.807, 2.05) is 0 Å². The van der Waals surface area contributed by atoms with Gasteiger partial charge in [-0.05, 0) is 12.1 Å². The maximum Gasteiger partial charge on any atom is 1.00 e. The van der Waals surface area contributed by atoms with Crippen LogP contribution in [0.15, 0.2) is 23.1 Å². The first kappa shape index (κ1) is 13.4. The molecule has 0 saturated carbocycles. The second-order valence-electron chi connectivity index (χ2n) is 2.27. The number of thiol groups is 1. The Morgan fingerprint density at radius 2 is 2.07 bits per heavy atom. The number of benzene rings is 1. The molecule has 1 aromatic rings. The predicted octanol–water partition coefficient (Wildman–Crippen LogP) is -1.41. The van der Waals surface area contributed by atoms with Crippen LogP contribution in [0.25, 0.3) is 0 Å². The summed E-state index contributed by atoms with van der Waals surface area (Å²) in [6.07, 6.45) is 0. The molecule has 0 atom stereocenters. The summed E-state index contributed by atoms with van der Waals surface area (Å²) < 4.78 is 0. The van der Waals surface area contributed by atoms with Gasteiger partial charge in [0.1, 0.15) is 0 Å². The molecule has 0 aliphatic rings. The Morgan fingerprint density at radius 3 is 2.50 bits per heavy atom. The van der Waals surface area contributed by atoms with Crippen LogP contribution in [-0.4, -0.2) is 16.0 Å². The quantitative estimate of drug-likeness (QED) is 0.279. The largest absolute Gasteiger partial charge is 1.00 e. The van der Waals surface area contributed by atoms with E-state index in [1.165, 1.54) is 12.1 Å². The summed E-state index contributed by atoms with van der Waals surface area (Å²) in [7, 11) is 0. The van der Waals surface area contributed by atoms with E-state index in [1.54, 1.807) is 0 Å². The summed E-state index contributed by atoms with van der Waals surface area (Å²) in [5, 5.41) is 18.9. The Bertz CT molecular complexity index is 382. The minimum atomic E-state index is -1.20. The van der Waals surface area contributed by atoms with Gasteiger partial charge < -0.3 is 5.11 Å². The molecular weight excluding hydrogens is 217 g/mol. The molecule has 5 nitrogen and oxygen atoms in total. The Balaban J connectivity index is 0.00000169. The van der Waals surface area contributed by atoms with Crippen molar-refractivity contribution >= 4 is 24.3 Å². The van der Waals surface area contributed by atoms with Gasteiger partial charge in [-0.15, -0.1) is 12.6 Å². The molecule has 7 heteroatoms. The zero-order valence-corrected chi connectivity index (χ0v) is 10.2. The SMILES string of the molecule is O=C(O)c1ccc(S)c([N+](=O)[O-])c1.[Na+]. The van der Waals surface area contributed by atoms with Crippen molar-refractivity contribution in [2.24, 2.45) is 0 Å². The molecular formula is C7H5NNaO4S+. The van der Waals surface area contributed by atoms with Gasteiger partial charge in [-0.1, -0.05) is 0 Å². The monoisotopic (exact) mass is 222 g/mol. The summed E-state index contributed by atoms with van der Waals surface area (Å²) in [5.74, 6) is -1.20. The van der Waals surface area contributed by atoms with E-state index < -0.39 is 10.9 Å². The van der Waals surface area contributed by atoms with Crippen molar-refractivity contribution < 1.29 is 44.4 Å². The van der Waals surface area contributed by atoms with Crippen LogP contribution in [-0.2, 0) is 0 Å². The van der Waals surface area contributed by atoms with Gasteiger partial charge in [-0.3, -0.25) is 10.1 Å². The first-order valence-electron chi connectivity index (χ1n) is 3.23. The molecule has 0 bridgehead atoms. The van der Waals surface area contributed by atoms with Gasteiger partial charge in [-0.2, -0.15) is 0 Å². The normalized spacial score (nSPS) is 8.93. The van der Waals surface area contributed by atoms with Crippen molar-refractivity contribution in [3.05, 3.63) is 33.9 Å². The third-order valence-corrected chi connectivity index (χ3v) is 1.80. The van der Waals surface area contributed by atoms with Crippen LogP contribution >= 0.6 is 12.6 Å². The second kappa shape index (κ2) is 5.35. The van der Waals surface area contributed by atoms with Crippen LogP contribution in [0.4, 0.5) is 5.69 Å². The number of nitro groups is 1. The number of hydrogen-bond acceptors (Lipinski definition) is 4. The van der Waals surface area contributed by atoms with Crippen molar-refractivity contribution in [1.29, 1.82) is 0 Å². The van der Waals surface area contributed by atoms with E-state index >= 15 is 0 Å². The maximum absolute atomic E-state index is 10.4. The number of carboxylic acids is 1. The van der Waals surface area contributed by atoms with Gasteiger partial charge in [0, 0.05) is 6.07 Å². The summed E-state index contributed by atoms with van der Waals surface area (Å²) in [5.41, 5.74) is -0.423. The second-order valence-corrected chi connectivity index (χ2v) is 2.75. The molecule has 0 fully saturated rings. The van der Waals surface area contributed by atoms with E-state index in [4.69, 9.17) is 5.11 Å². The number of rotatable bonds is 2. The summed E-state index contributed by atoms with van der Waals surface area (Å²) in [6.45, 7) is 0. The van der Waals surface area contributed by atoms with E-state index in [-0.39, 0.29) is 45.7 Å². The van der Waals surface area contributed by atoms with Crippen LogP contribution < -0.4 is 29.6 Å². The number of nitro benzene ring substituents is 1. The fourth-order valence-corrected chi connectivity index (χ4v) is 1.02. The van der Waals surface area contributed by atoms with Crippen molar-refractivity contribution in [2.45, 2.75) is 4.90 Å². The Kier molecular flexibility index (Phi) is 5.14. The van der Waals surface area contributed by atoms with E-state index in [9.17, 15) is 14.9 Å². The number of carboxylic acid groups (broad SMARTS) is 1. The number of carbonyl (C=O) groups is 1. The smallest absolute Gasteiger partial charge is 0.478 e. The summed E-state index contributed by atoms with van der Waals surface area (Å²) in [6, 6.07) is 3.52. The topological polar surface area (TPSA) is 80.4 Å². The van der Waals surface area contributed by atoms with E-state index in [0.717, 1.165) is 6.07 Å². The van der Waals surface area contributed by atoms with Gasteiger partial charge in [0.05, 0.1) is 15.4 Å². The maximum atomic E-state index is 10.4. The van der Waals surface area contributed by atoms with Crippen LogP contribution in [0, 0.1) is 10.1 Å². The minimum absolute atomic E-state index is 0. The van der Waals surface area contributed by atoms with Crippen LogP contribution in [0.5, 0.6) is 0 Å². The fraction of sp³-hybridized carbons (Fsp3) is 0. The van der Waals surface area contributed by atoms with E-state index in [2.05, 4.69) is 12.6 Å². The fourth-order valence-electron chi connectivity index (χ4n) is 0.803. The molecule has 0 aromatic heterocycles. The Morgan fingerprint density at radius 1 is 1.50 bits per heavy atom. The van der Waals surface area contributed by atoms with Crippen LogP contribution in [0.3, 0.4) is 0 Å². The molecule has 14 heavy (non-hydrogen) atoms. The summed E-state index contributed by atoms with van der Waals surface area (Å²) >= 11 is 3.82. The molecule has 0 aliphatic carbocycles. The third-order valence-electron chi connectivity index (χ3n) is 1.42. The predicted molar refractivity (Wildman–Crippen MR) is 47.3 cm³/mol. The minimum Gasteiger partial charge on any atom is -0.478 e. The zero-order chi connectivity index (χ0) is 10.0. The third kappa shape index (κ3) is 2.98. The Hall–Kier alpha value is -0.560. The Labute approximate surface area is 107 Å². The number of hydrogen-bond donors (Lipinski definition) is 2. The molecule has 0 spiro atoms. The van der Waals surface area contributed by atoms with Crippen molar-refractivity contribution in [1.82, 2.24) is 0 Å². The average molecular weight is 222 g/mol. The van der Waals surface area contributed by atoms with Gasteiger partial charge in [0.15, 0.2) is 0 Å².